The van der Waals surface area contributed by atoms with Crippen LogP contribution in [0.2, 0.25) is 5.02 Å². The van der Waals surface area contributed by atoms with Crippen LogP contribution in [-0.2, 0) is 19.8 Å². The van der Waals surface area contributed by atoms with Gasteiger partial charge in [-0.1, -0.05) is 41.9 Å². The van der Waals surface area contributed by atoms with Crippen molar-refractivity contribution in [3.63, 3.8) is 0 Å². The van der Waals surface area contributed by atoms with Crippen molar-refractivity contribution in [1.29, 1.82) is 0 Å². The highest BCUT2D eigenvalue weighted by atomic mass is 35.5. The van der Waals surface area contributed by atoms with Crippen LogP contribution in [0.3, 0.4) is 0 Å². The third-order valence-electron chi connectivity index (χ3n) is 5.83. The number of hydrazine groups is 1. The zero-order chi connectivity index (χ0) is 23.9. The summed E-state index contributed by atoms with van der Waals surface area (Å²) in [5.41, 5.74) is 3.34. The van der Waals surface area contributed by atoms with Gasteiger partial charge in [-0.15, -0.1) is 0 Å². The molecule has 168 valence electrons. The normalized spacial score (nSPS) is 14.1. The number of carbonyl (C=O) groups is 3. The predicted octanol–water partition coefficient (Wildman–Crippen LogP) is 4.12. The van der Waals surface area contributed by atoms with Crippen LogP contribution in [0.25, 0.3) is 0 Å². The molecule has 4 N–H and O–H groups in total. The summed E-state index contributed by atoms with van der Waals surface area (Å²) >= 11 is 6.36. The molecule has 1 aliphatic heterocycles. The fourth-order valence-electron chi connectivity index (χ4n) is 4.42. The highest BCUT2D eigenvalue weighted by Crippen LogP contribution is 2.51. The molecule has 0 aromatic heterocycles. The molecule has 0 radical (unpaired) electrons. The first kappa shape index (κ1) is 22.5. The molecule has 3 amide bonds. The first-order chi connectivity index (χ1) is 15.7. The van der Waals surface area contributed by atoms with Gasteiger partial charge in [0.2, 0.25) is 11.8 Å². The molecule has 0 saturated heterocycles. The average molecular weight is 463 g/mol. The SMILES string of the molecule is CC(=O)Nc1ccc(C2(c3ccc(NC(C)=O)cc3)C(=O)N(N)c3c2ccc(Cl)c3C)cc1. The van der Waals surface area contributed by atoms with Crippen LogP contribution in [0, 0.1) is 6.92 Å². The second-order valence-electron chi connectivity index (χ2n) is 8.01. The Balaban J connectivity index is 1.97. The first-order valence-electron chi connectivity index (χ1n) is 10.3. The van der Waals surface area contributed by atoms with Crippen LogP contribution in [-0.4, -0.2) is 17.7 Å². The maximum atomic E-state index is 13.9. The van der Waals surface area contributed by atoms with Crippen molar-refractivity contribution >= 4 is 46.4 Å². The van der Waals surface area contributed by atoms with Crippen LogP contribution >= 0.6 is 11.6 Å². The van der Waals surface area contributed by atoms with Gasteiger partial charge in [0.05, 0.1) is 5.69 Å². The number of rotatable bonds is 4. The van der Waals surface area contributed by atoms with Crippen molar-refractivity contribution in [3.05, 3.63) is 87.9 Å². The Bertz CT molecular complexity index is 1210. The zero-order valence-corrected chi connectivity index (χ0v) is 19.2. The van der Waals surface area contributed by atoms with Gasteiger partial charge in [-0.3, -0.25) is 14.4 Å². The summed E-state index contributed by atoms with van der Waals surface area (Å²) in [6, 6.07) is 17.8. The molecular weight excluding hydrogens is 440 g/mol. The molecule has 0 spiro atoms. The number of amides is 3. The molecule has 33 heavy (non-hydrogen) atoms. The van der Waals surface area contributed by atoms with E-state index in [1.807, 2.05) is 13.0 Å². The van der Waals surface area contributed by atoms with Crippen molar-refractivity contribution in [3.8, 4) is 0 Å². The lowest BCUT2D eigenvalue weighted by molar-refractivity contribution is -0.121. The number of hydrogen-bond acceptors (Lipinski definition) is 4. The molecule has 4 rings (SSSR count). The third-order valence-corrected chi connectivity index (χ3v) is 6.24. The van der Waals surface area contributed by atoms with Gasteiger partial charge in [0, 0.05) is 35.8 Å². The minimum atomic E-state index is -1.23. The Morgan fingerprint density at radius 2 is 1.30 bits per heavy atom. The van der Waals surface area contributed by atoms with Gasteiger partial charge < -0.3 is 10.6 Å². The van der Waals surface area contributed by atoms with E-state index >= 15 is 0 Å². The molecule has 7 nitrogen and oxygen atoms in total. The van der Waals surface area contributed by atoms with E-state index in [1.54, 1.807) is 54.6 Å². The molecule has 0 aliphatic carbocycles. The molecule has 8 heteroatoms. The third kappa shape index (κ3) is 3.65. The average Bonchev–Trinajstić information content (AvgIpc) is 2.99. The number of benzene rings is 3. The number of nitrogens with one attached hydrogen (secondary N) is 2. The van der Waals surface area contributed by atoms with Gasteiger partial charge in [-0.05, 0) is 53.9 Å². The minimum absolute atomic E-state index is 0.188. The molecule has 0 atom stereocenters. The number of carbonyl (C=O) groups excluding carboxylic acids is 3. The van der Waals surface area contributed by atoms with Crippen molar-refractivity contribution < 1.29 is 14.4 Å². The molecule has 0 saturated carbocycles. The second-order valence-corrected chi connectivity index (χ2v) is 8.42. The van der Waals surface area contributed by atoms with Gasteiger partial charge in [0.1, 0.15) is 5.41 Å². The summed E-state index contributed by atoms with van der Waals surface area (Å²) in [5, 5.41) is 7.14. The fraction of sp³-hybridized carbons (Fsp3) is 0.160. The van der Waals surface area contributed by atoms with Crippen molar-refractivity contribution in [2.75, 3.05) is 15.6 Å². The zero-order valence-electron chi connectivity index (χ0n) is 18.4. The lowest BCUT2D eigenvalue weighted by atomic mass is 9.70. The van der Waals surface area contributed by atoms with E-state index in [-0.39, 0.29) is 17.7 Å². The van der Waals surface area contributed by atoms with E-state index in [9.17, 15) is 14.4 Å². The molecule has 0 bridgehead atoms. The van der Waals surface area contributed by atoms with Crippen LogP contribution in [0.5, 0.6) is 0 Å². The second kappa shape index (κ2) is 8.35. The Morgan fingerprint density at radius 3 is 1.73 bits per heavy atom. The minimum Gasteiger partial charge on any atom is -0.326 e. The monoisotopic (exact) mass is 462 g/mol. The van der Waals surface area contributed by atoms with E-state index in [2.05, 4.69) is 10.6 Å². The molecule has 1 aliphatic rings. The van der Waals surface area contributed by atoms with E-state index < -0.39 is 5.41 Å². The van der Waals surface area contributed by atoms with Gasteiger partial charge in [0.25, 0.3) is 5.91 Å². The summed E-state index contributed by atoms with van der Waals surface area (Å²) in [7, 11) is 0. The largest absolute Gasteiger partial charge is 0.326 e. The highest BCUT2D eigenvalue weighted by Gasteiger charge is 2.53. The Morgan fingerprint density at radius 1 is 0.848 bits per heavy atom. The lowest BCUT2D eigenvalue weighted by Crippen LogP contribution is -2.45. The standard InChI is InChI=1S/C25H23ClN4O3/c1-14-22(26)13-12-21-23(14)30(27)24(33)25(21,17-4-8-19(9-5-17)28-15(2)31)18-6-10-20(11-7-18)29-16(3)32/h4-13H,27H2,1-3H3,(H,28,31)(H,29,32). The van der Waals surface area contributed by atoms with Crippen molar-refractivity contribution in [1.82, 2.24) is 0 Å². The maximum absolute atomic E-state index is 13.9. The Labute approximate surface area is 196 Å². The maximum Gasteiger partial charge on any atom is 0.260 e. The summed E-state index contributed by atoms with van der Waals surface area (Å²) in [6.45, 7) is 4.69. The van der Waals surface area contributed by atoms with Crippen LogP contribution in [0.1, 0.15) is 36.1 Å². The Hall–Kier alpha value is -3.68. The lowest BCUT2D eigenvalue weighted by Gasteiger charge is -2.30. The van der Waals surface area contributed by atoms with Crippen LogP contribution in [0.15, 0.2) is 60.7 Å². The fourth-order valence-corrected chi connectivity index (χ4v) is 4.58. The number of fused-ring (bicyclic) bond motifs is 1. The van der Waals surface area contributed by atoms with Crippen LogP contribution < -0.4 is 21.5 Å². The van der Waals surface area contributed by atoms with Gasteiger partial charge in [-0.2, -0.15) is 0 Å². The topological polar surface area (TPSA) is 105 Å². The number of nitrogens with two attached hydrogens (primary N) is 1. The van der Waals surface area contributed by atoms with E-state index in [1.165, 1.54) is 13.8 Å². The smallest absolute Gasteiger partial charge is 0.260 e. The molecule has 3 aromatic carbocycles. The number of hydrogen-bond donors (Lipinski definition) is 3. The van der Waals surface area contributed by atoms with Crippen LogP contribution in [0.4, 0.5) is 17.1 Å². The summed E-state index contributed by atoms with van der Waals surface area (Å²) < 4.78 is 0. The number of anilines is 3. The quantitative estimate of drug-likeness (QED) is 0.400. The van der Waals surface area contributed by atoms with Crippen molar-refractivity contribution in [2.45, 2.75) is 26.2 Å². The molecule has 0 unspecified atom stereocenters. The van der Waals surface area contributed by atoms with E-state index in [0.29, 0.717) is 44.3 Å². The molecular formula is C25H23ClN4O3. The van der Waals surface area contributed by atoms with Gasteiger partial charge in [-0.25, -0.2) is 10.9 Å². The van der Waals surface area contributed by atoms with Crippen molar-refractivity contribution in [2.24, 2.45) is 5.84 Å². The molecule has 3 aromatic rings. The number of nitrogens with zero attached hydrogens (tertiary/aromatic N) is 1. The van der Waals surface area contributed by atoms with Gasteiger partial charge in [0.15, 0.2) is 0 Å². The first-order valence-corrected chi connectivity index (χ1v) is 10.7. The predicted molar refractivity (Wildman–Crippen MR) is 129 cm³/mol. The number of halogens is 1. The highest BCUT2D eigenvalue weighted by molar-refractivity contribution is 6.32. The molecule has 0 fully saturated rings. The van der Waals surface area contributed by atoms with E-state index in [0.717, 1.165) is 5.01 Å². The van der Waals surface area contributed by atoms with E-state index in [4.69, 9.17) is 17.4 Å². The summed E-state index contributed by atoms with van der Waals surface area (Å²) in [6.07, 6.45) is 0. The van der Waals surface area contributed by atoms with Gasteiger partial charge >= 0.3 is 0 Å². The summed E-state index contributed by atoms with van der Waals surface area (Å²) in [4.78, 5) is 36.8. The summed E-state index contributed by atoms with van der Waals surface area (Å²) in [5.74, 6) is 5.61. The Kier molecular flexibility index (Phi) is 5.69. The molecule has 1 heterocycles.